The number of para-hydroxylation sites is 1. The van der Waals surface area contributed by atoms with Crippen molar-refractivity contribution in [1.82, 2.24) is 24.6 Å². The molecule has 0 spiro atoms. The Bertz CT molecular complexity index is 1410. The molecular formula is C20H15N5O2S. The van der Waals surface area contributed by atoms with Crippen LogP contribution in [-0.4, -0.2) is 35.6 Å². The van der Waals surface area contributed by atoms with E-state index in [-0.39, 0.29) is 16.7 Å². The lowest BCUT2D eigenvalue weighted by molar-refractivity contribution is 0.0994. The van der Waals surface area contributed by atoms with Crippen molar-refractivity contribution < 1.29 is 4.79 Å². The molecule has 0 aliphatic carbocycles. The van der Waals surface area contributed by atoms with Gasteiger partial charge in [-0.15, -0.1) is 10.2 Å². The SMILES string of the molecule is CC(Sc1nnc2ccc3ccccc3n12)C(=O)c1ccc2[nH]c(=O)[nH]c2c1. The fourth-order valence-corrected chi connectivity index (χ4v) is 4.27. The first-order valence-electron chi connectivity index (χ1n) is 8.76. The van der Waals surface area contributed by atoms with Gasteiger partial charge in [0.2, 0.25) is 0 Å². The van der Waals surface area contributed by atoms with Gasteiger partial charge in [0.15, 0.2) is 16.6 Å². The number of Topliss-reactive ketones (excluding diaryl/α,β-unsaturated/α-hetero) is 1. The summed E-state index contributed by atoms with van der Waals surface area (Å²) >= 11 is 1.37. The Morgan fingerprint density at radius 2 is 1.86 bits per heavy atom. The van der Waals surface area contributed by atoms with Crippen molar-refractivity contribution in [2.75, 3.05) is 0 Å². The molecule has 0 saturated carbocycles. The van der Waals surface area contributed by atoms with Gasteiger partial charge in [0.25, 0.3) is 0 Å². The number of hydrogen-bond donors (Lipinski definition) is 2. The number of aromatic amines is 2. The zero-order chi connectivity index (χ0) is 19.3. The Labute approximate surface area is 162 Å². The number of hydrogen-bond acceptors (Lipinski definition) is 5. The number of benzene rings is 2. The zero-order valence-corrected chi connectivity index (χ0v) is 15.7. The van der Waals surface area contributed by atoms with Crippen LogP contribution in [0.25, 0.3) is 27.6 Å². The topological polar surface area (TPSA) is 95.9 Å². The second kappa shape index (κ2) is 6.35. The van der Waals surface area contributed by atoms with Gasteiger partial charge in [-0.25, -0.2) is 4.79 Å². The Balaban J connectivity index is 1.50. The molecular weight excluding hydrogens is 374 g/mol. The summed E-state index contributed by atoms with van der Waals surface area (Å²) in [7, 11) is 0. The first-order valence-corrected chi connectivity index (χ1v) is 9.64. The first kappa shape index (κ1) is 16.8. The van der Waals surface area contributed by atoms with Gasteiger partial charge in [-0.3, -0.25) is 9.20 Å². The summed E-state index contributed by atoms with van der Waals surface area (Å²) in [6.45, 7) is 1.85. The van der Waals surface area contributed by atoms with E-state index in [0.717, 1.165) is 16.6 Å². The maximum absolute atomic E-state index is 12.9. The summed E-state index contributed by atoms with van der Waals surface area (Å²) in [6.07, 6.45) is 0. The van der Waals surface area contributed by atoms with Crippen LogP contribution in [0, 0.1) is 0 Å². The number of nitrogens with one attached hydrogen (secondary N) is 2. The van der Waals surface area contributed by atoms with E-state index < -0.39 is 0 Å². The molecule has 5 aromatic rings. The Hall–Kier alpha value is -3.39. The molecule has 5 rings (SSSR count). The number of ketones is 1. The van der Waals surface area contributed by atoms with Crippen molar-refractivity contribution in [1.29, 1.82) is 0 Å². The van der Waals surface area contributed by atoms with Crippen LogP contribution in [-0.2, 0) is 0 Å². The Kier molecular flexibility index (Phi) is 3.80. The molecule has 1 atom stereocenters. The van der Waals surface area contributed by atoms with Crippen LogP contribution >= 0.6 is 11.8 Å². The second-order valence-corrected chi connectivity index (χ2v) is 7.84. The number of carbonyl (C=O) groups is 1. The Morgan fingerprint density at radius 1 is 1.04 bits per heavy atom. The summed E-state index contributed by atoms with van der Waals surface area (Å²) in [5.74, 6) is -0.0362. The summed E-state index contributed by atoms with van der Waals surface area (Å²) in [5, 5.41) is 9.91. The highest BCUT2D eigenvalue weighted by atomic mass is 32.2. The number of aromatic nitrogens is 5. The van der Waals surface area contributed by atoms with Crippen LogP contribution in [0.2, 0.25) is 0 Å². The number of H-pyrrole nitrogens is 2. The number of nitrogens with zero attached hydrogens (tertiary/aromatic N) is 3. The summed E-state index contributed by atoms with van der Waals surface area (Å²) in [5.41, 5.74) is 3.29. The lowest BCUT2D eigenvalue weighted by atomic mass is 10.1. The van der Waals surface area contributed by atoms with Crippen molar-refractivity contribution in [2.45, 2.75) is 17.3 Å². The highest BCUT2D eigenvalue weighted by Crippen LogP contribution is 2.28. The van der Waals surface area contributed by atoms with E-state index in [0.29, 0.717) is 21.8 Å². The molecule has 138 valence electrons. The van der Waals surface area contributed by atoms with Crippen molar-refractivity contribution in [3.05, 3.63) is 70.6 Å². The predicted molar refractivity (Wildman–Crippen MR) is 109 cm³/mol. The van der Waals surface area contributed by atoms with Crippen molar-refractivity contribution >= 4 is 45.1 Å². The molecule has 2 aromatic carbocycles. The minimum atomic E-state index is -0.366. The monoisotopic (exact) mass is 389 g/mol. The molecule has 0 bridgehead atoms. The summed E-state index contributed by atoms with van der Waals surface area (Å²) < 4.78 is 1.97. The number of fused-ring (bicyclic) bond motifs is 4. The predicted octanol–water partition coefficient (Wildman–Crippen LogP) is 3.42. The van der Waals surface area contributed by atoms with Gasteiger partial charge < -0.3 is 9.97 Å². The standard InChI is InChI=1S/C20H15N5O2S/c1-11(18(26)13-6-8-14-15(10-13)22-19(27)21-14)28-20-24-23-17-9-7-12-4-2-3-5-16(12)25(17)20/h2-11H,1H3,(H2,21,22,27). The van der Waals surface area contributed by atoms with E-state index in [1.54, 1.807) is 18.2 Å². The molecule has 2 N–H and O–H groups in total. The van der Waals surface area contributed by atoms with Crippen molar-refractivity contribution in [2.24, 2.45) is 0 Å². The fraction of sp³-hybridized carbons (Fsp3) is 0.100. The molecule has 1 unspecified atom stereocenters. The number of rotatable bonds is 4. The number of imidazole rings is 1. The summed E-state index contributed by atoms with van der Waals surface area (Å²) in [6, 6.07) is 17.1. The molecule has 0 aliphatic heterocycles. The molecule has 7 nitrogen and oxygen atoms in total. The van der Waals surface area contributed by atoms with Crippen LogP contribution in [0.1, 0.15) is 17.3 Å². The van der Waals surface area contributed by atoms with E-state index in [1.165, 1.54) is 11.8 Å². The maximum Gasteiger partial charge on any atom is 0.323 e. The highest BCUT2D eigenvalue weighted by Gasteiger charge is 2.20. The van der Waals surface area contributed by atoms with Gasteiger partial charge in [0.1, 0.15) is 0 Å². The lowest BCUT2D eigenvalue weighted by Gasteiger charge is -2.10. The molecule has 3 aromatic heterocycles. The van der Waals surface area contributed by atoms with E-state index in [2.05, 4.69) is 20.2 Å². The van der Waals surface area contributed by atoms with Crippen molar-refractivity contribution in [3.63, 3.8) is 0 Å². The van der Waals surface area contributed by atoms with Gasteiger partial charge in [-0.2, -0.15) is 0 Å². The fourth-order valence-electron chi connectivity index (χ4n) is 3.32. The largest absolute Gasteiger partial charge is 0.323 e. The minimum Gasteiger partial charge on any atom is -0.306 e. The normalized spacial score (nSPS) is 12.8. The van der Waals surface area contributed by atoms with E-state index in [9.17, 15) is 9.59 Å². The van der Waals surface area contributed by atoms with Crippen LogP contribution in [0.15, 0.2) is 64.5 Å². The van der Waals surface area contributed by atoms with Gasteiger partial charge in [-0.1, -0.05) is 30.0 Å². The molecule has 0 saturated heterocycles. The van der Waals surface area contributed by atoms with Crippen LogP contribution in [0.5, 0.6) is 0 Å². The molecule has 0 radical (unpaired) electrons. The third-order valence-electron chi connectivity index (χ3n) is 4.70. The van der Waals surface area contributed by atoms with E-state index in [1.807, 2.05) is 47.7 Å². The number of thioether (sulfide) groups is 1. The van der Waals surface area contributed by atoms with Gasteiger partial charge in [0.05, 0.1) is 21.8 Å². The third kappa shape index (κ3) is 2.69. The van der Waals surface area contributed by atoms with Gasteiger partial charge in [-0.05, 0) is 48.7 Å². The molecule has 0 aliphatic rings. The van der Waals surface area contributed by atoms with Crippen LogP contribution in [0.3, 0.4) is 0 Å². The van der Waals surface area contributed by atoms with Gasteiger partial charge >= 0.3 is 5.69 Å². The lowest BCUT2D eigenvalue weighted by Crippen LogP contribution is -2.14. The highest BCUT2D eigenvalue weighted by molar-refractivity contribution is 8.00. The van der Waals surface area contributed by atoms with Crippen molar-refractivity contribution in [3.8, 4) is 0 Å². The molecule has 8 heteroatoms. The number of pyridine rings is 1. The molecule has 0 amide bonds. The average molecular weight is 389 g/mol. The van der Waals surface area contributed by atoms with E-state index in [4.69, 9.17) is 0 Å². The smallest absolute Gasteiger partial charge is 0.306 e. The average Bonchev–Trinajstić information content (AvgIpc) is 3.29. The maximum atomic E-state index is 12.9. The number of carbonyl (C=O) groups excluding carboxylic acids is 1. The first-order chi connectivity index (χ1) is 13.6. The zero-order valence-electron chi connectivity index (χ0n) is 14.8. The van der Waals surface area contributed by atoms with Crippen LogP contribution < -0.4 is 5.69 Å². The van der Waals surface area contributed by atoms with Crippen LogP contribution in [0.4, 0.5) is 0 Å². The molecule has 28 heavy (non-hydrogen) atoms. The van der Waals surface area contributed by atoms with Gasteiger partial charge in [0, 0.05) is 5.56 Å². The third-order valence-corrected chi connectivity index (χ3v) is 5.74. The minimum absolute atomic E-state index is 0.0362. The summed E-state index contributed by atoms with van der Waals surface area (Å²) in [4.78, 5) is 29.7. The molecule has 0 fully saturated rings. The molecule has 3 heterocycles. The second-order valence-electron chi connectivity index (χ2n) is 6.53. The Morgan fingerprint density at radius 3 is 2.75 bits per heavy atom. The quantitative estimate of drug-likeness (QED) is 0.363. The van der Waals surface area contributed by atoms with E-state index >= 15 is 0 Å².